The van der Waals surface area contributed by atoms with Crippen molar-refractivity contribution in [3.8, 4) is 0 Å². The molecule has 1 aliphatic heterocycles. The summed E-state index contributed by atoms with van der Waals surface area (Å²) in [4.78, 5) is 18.7. The predicted octanol–water partition coefficient (Wildman–Crippen LogP) is 3.02. The van der Waals surface area contributed by atoms with Gasteiger partial charge in [0.15, 0.2) is 5.96 Å². The number of aliphatic imine (C=N–C) groups is 1. The third-order valence-electron chi connectivity index (χ3n) is 4.51. The lowest BCUT2D eigenvalue weighted by atomic mass is 10.2. The summed E-state index contributed by atoms with van der Waals surface area (Å²) in [6, 6.07) is 10.2. The SMILES string of the molecule is CCNC(=NCC(C)COCc1ccccc1)NCCC(=O)N1CCCC1.I. The minimum absolute atomic E-state index is 0. The topological polar surface area (TPSA) is 66.0 Å². The molecule has 1 aliphatic rings. The second-order valence-corrected chi connectivity index (χ2v) is 7.09. The van der Waals surface area contributed by atoms with E-state index in [-0.39, 0.29) is 29.9 Å². The third kappa shape index (κ3) is 9.73. The van der Waals surface area contributed by atoms with Gasteiger partial charge in [0.25, 0.3) is 0 Å². The molecule has 7 heteroatoms. The third-order valence-corrected chi connectivity index (χ3v) is 4.51. The van der Waals surface area contributed by atoms with Gasteiger partial charge < -0.3 is 20.3 Å². The van der Waals surface area contributed by atoms with Gasteiger partial charge in [-0.1, -0.05) is 37.3 Å². The van der Waals surface area contributed by atoms with Crippen LogP contribution in [0.2, 0.25) is 0 Å². The van der Waals surface area contributed by atoms with Gasteiger partial charge in [0, 0.05) is 39.1 Å². The number of ether oxygens (including phenoxy) is 1. The van der Waals surface area contributed by atoms with Crippen molar-refractivity contribution < 1.29 is 9.53 Å². The highest BCUT2D eigenvalue weighted by Crippen LogP contribution is 2.08. The maximum atomic E-state index is 12.1. The Hall–Kier alpha value is -1.35. The van der Waals surface area contributed by atoms with E-state index in [4.69, 9.17) is 4.74 Å². The van der Waals surface area contributed by atoms with Crippen molar-refractivity contribution in [2.45, 2.75) is 39.7 Å². The van der Waals surface area contributed by atoms with Gasteiger partial charge in [-0.3, -0.25) is 9.79 Å². The minimum atomic E-state index is 0. The Morgan fingerprint density at radius 3 is 2.61 bits per heavy atom. The number of rotatable bonds is 10. The zero-order valence-corrected chi connectivity index (χ0v) is 19.5. The Morgan fingerprint density at radius 1 is 1.21 bits per heavy atom. The first-order valence-corrected chi connectivity index (χ1v) is 10.1. The number of likely N-dealkylation sites (tertiary alicyclic amines) is 1. The molecular weight excluding hydrogens is 467 g/mol. The molecule has 1 saturated heterocycles. The second kappa shape index (κ2) is 14.6. The van der Waals surface area contributed by atoms with Gasteiger partial charge in [-0.25, -0.2) is 0 Å². The zero-order chi connectivity index (χ0) is 19.3. The van der Waals surface area contributed by atoms with Gasteiger partial charge in [-0.15, -0.1) is 24.0 Å². The van der Waals surface area contributed by atoms with Crippen molar-refractivity contribution in [3.05, 3.63) is 35.9 Å². The number of nitrogens with one attached hydrogen (secondary N) is 2. The zero-order valence-electron chi connectivity index (χ0n) is 17.2. The summed E-state index contributed by atoms with van der Waals surface area (Å²) in [7, 11) is 0. The quantitative estimate of drug-likeness (QED) is 0.293. The summed E-state index contributed by atoms with van der Waals surface area (Å²) >= 11 is 0. The van der Waals surface area contributed by atoms with Gasteiger partial charge in [-0.2, -0.15) is 0 Å². The number of carbonyl (C=O) groups excluding carboxylic acids is 1. The summed E-state index contributed by atoms with van der Waals surface area (Å²) in [5.41, 5.74) is 1.19. The highest BCUT2D eigenvalue weighted by molar-refractivity contribution is 14.0. The molecule has 0 saturated carbocycles. The Bertz CT molecular complexity index is 577. The molecule has 2 rings (SSSR count). The predicted molar refractivity (Wildman–Crippen MR) is 125 cm³/mol. The number of hydrogen-bond acceptors (Lipinski definition) is 3. The van der Waals surface area contributed by atoms with Crippen molar-refractivity contribution in [3.63, 3.8) is 0 Å². The first-order valence-electron chi connectivity index (χ1n) is 10.1. The molecule has 1 aromatic carbocycles. The summed E-state index contributed by atoms with van der Waals surface area (Å²) in [5, 5.41) is 6.50. The molecule has 0 radical (unpaired) electrons. The van der Waals surface area contributed by atoms with Crippen LogP contribution in [0.4, 0.5) is 0 Å². The maximum Gasteiger partial charge on any atom is 0.224 e. The standard InChI is InChI=1S/C21H34N4O2.HI/c1-3-22-21(23-12-11-20(26)25-13-7-8-14-25)24-15-18(2)16-27-17-19-9-5-4-6-10-19;/h4-6,9-10,18H,3,7-8,11-17H2,1-2H3,(H2,22,23,24);1H. The molecule has 6 nitrogen and oxygen atoms in total. The summed E-state index contributed by atoms with van der Waals surface area (Å²) in [6.45, 7) is 9.39. The lowest BCUT2D eigenvalue weighted by Gasteiger charge is -2.17. The van der Waals surface area contributed by atoms with Crippen LogP contribution in [-0.4, -0.2) is 56.1 Å². The van der Waals surface area contributed by atoms with Gasteiger partial charge in [0.2, 0.25) is 5.91 Å². The van der Waals surface area contributed by atoms with E-state index in [0.717, 1.165) is 38.4 Å². The van der Waals surface area contributed by atoms with E-state index >= 15 is 0 Å². The van der Waals surface area contributed by atoms with Crippen LogP contribution in [0, 0.1) is 5.92 Å². The van der Waals surface area contributed by atoms with Crippen LogP contribution in [0.15, 0.2) is 35.3 Å². The van der Waals surface area contributed by atoms with E-state index in [1.165, 1.54) is 5.56 Å². The van der Waals surface area contributed by atoms with Gasteiger partial charge in [0.1, 0.15) is 0 Å². The Balaban J connectivity index is 0.00000392. The first-order chi connectivity index (χ1) is 13.2. The van der Waals surface area contributed by atoms with Crippen LogP contribution in [0.1, 0.15) is 38.7 Å². The number of carbonyl (C=O) groups is 1. The van der Waals surface area contributed by atoms with E-state index in [0.29, 0.717) is 38.6 Å². The fourth-order valence-electron chi connectivity index (χ4n) is 3.01. The highest BCUT2D eigenvalue weighted by atomic mass is 127. The number of nitrogens with zero attached hydrogens (tertiary/aromatic N) is 2. The molecule has 1 aromatic rings. The van der Waals surface area contributed by atoms with E-state index in [9.17, 15) is 4.79 Å². The van der Waals surface area contributed by atoms with Crippen LogP contribution in [0.25, 0.3) is 0 Å². The van der Waals surface area contributed by atoms with Crippen LogP contribution in [0.5, 0.6) is 0 Å². The molecule has 0 aromatic heterocycles. The second-order valence-electron chi connectivity index (χ2n) is 7.09. The number of halogens is 1. The number of amides is 1. The average Bonchev–Trinajstić information content (AvgIpc) is 3.22. The van der Waals surface area contributed by atoms with Crippen molar-refractivity contribution in [1.82, 2.24) is 15.5 Å². The Morgan fingerprint density at radius 2 is 1.93 bits per heavy atom. The van der Waals surface area contributed by atoms with Crippen LogP contribution >= 0.6 is 24.0 Å². The van der Waals surface area contributed by atoms with E-state index in [1.807, 2.05) is 30.0 Å². The van der Waals surface area contributed by atoms with E-state index < -0.39 is 0 Å². The lowest BCUT2D eigenvalue weighted by Crippen LogP contribution is -2.40. The maximum absolute atomic E-state index is 12.1. The number of benzene rings is 1. The van der Waals surface area contributed by atoms with Crippen molar-refractivity contribution >= 4 is 35.8 Å². The minimum Gasteiger partial charge on any atom is -0.376 e. The van der Waals surface area contributed by atoms with Crippen LogP contribution < -0.4 is 10.6 Å². The van der Waals surface area contributed by atoms with E-state index in [1.54, 1.807) is 0 Å². The molecule has 1 unspecified atom stereocenters. The molecule has 28 heavy (non-hydrogen) atoms. The first kappa shape index (κ1) is 24.7. The smallest absolute Gasteiger partial charge is 0.224 e. The van der Waals surface area contributed by atoms with Crippen molar-refractivity contribution in [1.29, 1.82) is 0 Å². The molecule has 1 heterocycles. The van der Waals surface area contributed by atoms with Crippen LogP contribution in [-0.2, 0) is 16.1 Å². The molecular formula is C21H35IN4O2. The molecule has 158 valence electrons. The lowest BCUT2D eigenvalue weighted by molar-refractivity contribution is -0.129. The summed E-state index contributed by atoms with van der Waals surface area (Å²) in [5.74, 6) is 1.33. The molecule has 0 bridgehead atoms. The van der Waals surface area contributed by atoms with Gasteiger partial charge in [-0.05, 0) is 31.2 Å². The average molecular weight is 502 g/mol. The molecule has 1 fully saturated rings. The van der Waals surface area contributed by atoms with Gasteiger partial charge >= 0.3 is 0 Å². The normalized spacial score (nSPS) is 15.1. The van der Waals surface area contributed by atoms with Crippen molar-refractivity contribution in [2.75, 3.05) is 39.3 Å². The fraction of sp³-hybridized carbons (Fsp3) is 0.619. The number of hydrogen-bond donors (Lipinski definition) is 2. The van der Waals surface area contributed by atoms with Crippen molar-refractivity contribution in [2.24, 2.45) is 10.9 Å². The Kier molecular flexibility index (Phi) is 12.9. The van der Waals surface area contributed by atoms with Crippen LogP contribution in [0.3, 0.4) is 0 Å². The molecule has 2 N–H and O–H groups in total. The monoisotopic (exact) mass is 502 g/mol. The molecule has 1 atom stereocenters. The van der Waals surface area contributed by atoms with E-state index in [2.05, 4.69) is 34.7 Å². The highest BCUT2D eigenvalue weighted by Gasteiger charge is 2.17. The largest absolute Gasteiger partial charge is 0.376 e. The molecule has 1 amide bonds. The number of guanidine groups is 1. The molecule has 0 spiro atoms. The fourth-order valence-corrected chi connectivity index (χ4v) is 3.01. The summed E-state index contributed by atoms with van der Waals surface area (Å²) in [6.07, 6.45) is 2.78. The molecule has 0 aliphatic carbocycles. The van der Waals surface area contributed by atoms with Gasteiger partial charge in [0.05, 0.1) is 13.2 Å². The summed E-state index contributed by atoms with van der Waals surface area (Å²) < 4.78 is 5.78. The Labute approximate surface area is 186 Å².